The summed E-state index contributed by atoms with van der Waals surface area (Å²) < 4.78 is 7.31. The molecule has 1 N–H and O–H groups in total. The van der Waals surface area contributed by atoms with Crippen LogP contribution >= 0.6 is 0 Å². The van der Waals surface area contributed by atoms with Crippen LogP contribution in [0.3, 0.4) is 0 Å². The topological polar surface area (TPSA) is 85.3 Å². The Labute approximate surface area is 137 Å². The van der Waals surface area contributed by atoms with Gasteiger partial charge in [-0.1, -0.05) is 18.2 Å². The van der Waals surface area contributed by atoms with Crippen LogP contribution in [0.25, 0.3) is 16.7 Å². The number of hydrogen-bond acceptors (Lipinski definition) is 5. The smallest absolute Gasteiger partial charge is 0.291 e. The van der Waals surface area contributed by atoms with Gasteiger partial charge in [-0.15, -0.1) is 5.10 Å². The summed E-state index contributed by atoms with van der Waals surface area (Å²) in [6, 6.07) is 11.1. The highest BCUT2D eigenvalue weighted by Crippen LogP contribution is 2.23. The zero-order valence-electron chi connectivity index (χ0n) is 13.2. The van der Waals surface area contributed by atoms with Crippen molar-refractivity contribution in [2.24, 2.45) is 0 Å². The number of nitrogens with one attached hydrogen (secondary N) is 1. The highest BCUT2D eigenvalue weighted by atomic mass is 16.3. The fourth-order valence-corrected chi connectivity index (χ4v) is 2.55. The SMILES string of the molecule is Cc1ccnc2nc(C(=O)N[C@@H](C)c3cc4ccccc4o3)nn12. The quantitative estimate of drug-likeness (QED) is 0.627. The maximum absolute atomic E-state index is 12.4. The Kier molecular flexibility index (Phi) is 3.26. The summed E-state index contributed by atoms with van der Waals surface area (Å²) in [5.41, 5.74) is 1.65. The standard InChI is InChI=1S/C17H15N5O2/c1-10-7-8-18-17-20-15(21-22(10)17)16(23)19-11(2)14-9-12-5-3-4-6-13(12)24-14/h3-9,11H,1-2H3,(H,19,23)/t11-/m0/s1. The average Bonchev–Trinajstić information content (AvgIpc) is 3.19. The van der Waals surface area contributed by atoms with Gasteiger partial charge in [-0.25, -0.2) is 9.50 Å². The van der Waals surface area contributed by atoms with Crippen LogP contribution in [0.15, 0.2) is 47.0 Å². The number of nitrogens with zero attached hydrogens (tertiary/aromatic N) is 4. The fourth-order valence-electron chi connectivity index (χ4n) is 2.55. The Balaban J connectivity index is 1.58. The van der Waals surface area contributed by atoms with Crippen LogP contribution < -0.4 is 5.32 Å². The molecule has 0 saturated carbocycles. The molecule has 0 spiro atoms. The monoisotopic (exact) mass is 321 g/mol. The van der Waals surface area contributed by atoms with E-state index in [-0.39, 0.29) is 17.8 Å². The van der Waals surface area contributed by atoms with E-state index in [4.69, 9.17) is 4.42 Å². The number of aryl methyl sites for hydroxylation is 1. The van der Waals surface area contributed by atoms with E-state index in [9.17, 15) is 4.79 Å². The number of hydrogen-bond donors (Lipinski definition) is 1. The second kappa shape index (κ2) is 5.45. The minimum absolute atomic E-state index is 0.0831. The van der Waals surface area contributed by atoms with E-state index in [0.717, 1.165) is 16.7 Å². The lowest BCUT2D eigenvalue weighted by Crippen LogP contribution is -2.27. The molecule has 0 saturated heterocycles. The van der Waals surface area contributed by atoms with E-state index < -0.39 is 0 Å². The van der Waals surface area contributed by atoms with Crippen molar-refractivity contribution >= 4 is 22.7 Å². The van der Waals surface area contributed by atoms with Crippen LogP contribution in [0.4, 0.5) is 0 Å². The van der Waals surface area contributed by atoms with Crippen LogP contribution in [-0.4, -0.2) is 25.5 Å². The first-order valence-electron chi connectivity index (χ1n) is 7.59. The summed E-state index contributed by atoms with van der Waals surface area (Å²) in [4.78, 5) is 20.7. The van der Waals surface area contributed by atoms with Gasteiger partial charge in [0.2, 0.25) is 5.82 Å². The molecule has 1 aromatic carbocycles. The summed E-state index contributed by atoms with van der Waals surface area (Å²) >= 11 is 0. The highest BCUT2D eigenvalue weighted by molar-refractivity contribution is 5.91. The number of amides is 1. The molecule has 0 fully saturated rings. The molecule has 7 heteroatoms. The van der Waals surface area contributed by atoms with Crippen LogP contribution in [0.5, 0.6) is 0 Å². The normalized spacial score (nSPS) is 12.6. The molecule has 24 heavy (non-hydrogen) atoms. The lowest BCUT2D eigenvalue weighted by atomic mass is 10.2. The van der Waals surface area contributed by atoms with Gasteiger partial charge >= 0.3 is 0 Å². The van der Waals surface area contributed by atoms with Crippen molar-refractivity contribution in [2.45, 2.75) is 19.9 Å². The van der Waals surface area contributed by atoms with Gasteiger partial charge in [0.1, 0.15) is 11.3 Å². The molecule has 1 amide bonds. The van der Waals surface area contributed by atoms with Gasteiger partial charge in [0.15, 0.2) is 0 Å². The van der Waals surface area contributed by atoms with Gasteiger partial charge in [-0.3, -0.25) is 4.79 Å². The molecule has 1 atom stereocenters. The fraction of sp³-hybridized carbons (Fsp3) is 0.176. The Morgan fingerprint density at radius 3 is 2.92 bits per heavy atom. The number of fused-ring (bicyclic) bond motifs is 2. The van der Waals surface area contributed by atoms with Crippen molar-refractivity contribution in [3.05, 3.63) is 59.9 Å². The van der Waals surface area contributed by atoms with E-state index in [2.05, 4.69) is 20.4 Å². The molecule has 3 aromatic heterocycles. The third kappa shape index (κ3) is 2.40. The second-order valence-corrected chi connectivity index (χ2v) is 5.62. The number of carbonyl (C=O) groups is 1. The first-order chi connectivity index (χ1) is 11.6. The van der Waals surface area contributed by atoms with Crippen molar-refractivity contribution in [3.63, 3.8) is 0 Å². The van der Waals surface area contributed by atoms with Gasteiger partial charge in [0.25, 0.3) is 11.7 Å². The Hall–Kier alpha value is -3.22. The Bertz CT molecular complexity index is 1020. The van der Waals surface area contributed by atoms with Gasteiger partial charge < -0.3 is 9.73 Å². The molecule has 3 heterocycles. The molecule has 0 aliphatic heterocycles. The zero-order chi connectivity index (χ0) is 16.7. The molecular formula is C17H15N5O2. The van der Waals surface area contributed by atoms with Crippen molar-refractivity contribution in [1.82, 2.24) is 24.9 Å². The Morgan fingerprint density at radius 2 is 2.12 bits per heavy atom. The summed E-state index contributed by atoms with van der Waals surface area (Å²) in [5, 5.41) is 8.06. The maximum Gasteiger partial charge on any atom is 0.291 e. The minimum Gasteiger partial charge on any atom is -0.459 e. The van der Waals surface area contributed by atoms with E-state index >= 15 is 0 Å². The third-order valence-electron chi connectivity index (χ3n) is 3.85. The van der Waals surface area contributed by atoms with Crippen molar-refractivity contribution in [3.8, 4) is 0 Å². The van der Waals surface area contributed by atoms with E-state index in [1.807, 2.05) is 44.2 Å². The first-order valence-corrected chi connectivity index (χ1v) is 7.59. The molecule has 0 radical (unpaired) electrons. The number of rotatable bonds is 3. The Morgan fingerprint density at radius 1 is 1.29 bits per heavy atom. The lowest BCUT2D eigenvalue weighted by Gasteiger charge is -2.09. The molecule has 4 aromatic rings. The number of carbonyl (C=O) groups excluding carboxylic acids is 1. The summed E-state index contributed by atoms with van der Waals surface area (Å²) in [7, 11) is 0. The molecule has 0 aliphatic carbocycles. The molecule has 4 rings (SSSR count). The minimum atomic E-state index is -0.368. The number of para-hydroxylation sites is 1. The van der Waals surface area contributed by atoms with E-state index in [1.165, 1.54) is 0 Å². The molecule has 0 unspecified atom stereocenters. The molecule has 120 valence electrons. The second-order valence-electron chi connectivity index (χ2n) is 5.62. The van der Waals surface area contributed by atoms with E-state index in [0.29, 0.717) is 11.5 Å². The molecule has 0 bridgehead atoms. The van der Waals surface area contributed by atoms with Gasteiger partial charge in [-0.05, 0) is 32.0 Å². The first kappa shape index (κ1) is 14.4. The van der Waals surface area contributed by atoms with Gasteiger partial charge in [-0.2, -0.15) is 4.98 Å². The lowest BCUT2D eigenvalue weighted by molar-refractivity contribution is 0.0925. The van der Waals surface area contributed by atoms with Crippen molar-refractivity contribution in [2.75, 3.05) is 0 Å². The summed E-state index contributed by atoms with van der Waals surface area (Å²) in [6.45, 7) is 3.73. The predicted octanol–water partition coefficient (Wildman–Crippen LogP) is 2.67. The van der Waals surface area contributed by atoms with E-state index in [1.54, 1.807) is 16.8 Å². The largest absolute Gasteiger partial charge is 0.459 e. The van der Waals surface area contributed by atoms with Gasteiger partial charge in [0.05, 0.1) is 6.04 Å². The van der Waals surface area contributed by atoms with Gasteiger partial charge in [0, 0.05) is 17.3 Å². The molecular weight excluding hydrogens is 306 g/mol. The highest BCUT2D eigenvalue weighted by Gasteiger charge is 2.19. The van der Waals surface area contributed by atoms with Crippen molar-refractivity contribution < 1.29 is 9.21 Å². The maximum atomic E-state index is 12.4. The summed E-state index contributed by atoms with van der Waals surface area (Å²) in [5.74, 6) is 0.798. The summed E-state index contributed by atoms with van der Waals surface area (Å²) in [6.07, 6.45) is 1.64. The van der Waals surface area contributed by atoms with Crippen LogP contribution in [-0.2, 0) is 0 Å². The molecule has 0 aliphatic rings. The van der Waals surface area contributed by atoms with Crippen LogP contribution in [0.2, 0.25) is 0 Å². The average molecular weight is 321 g/mol. The predicted molar refractivity (Wildman–Crippen MR) is 87.6 cm³/mol. The third-order valence-corrected chi connectivity index (χ3v) is 3.85. The van der Waals surface area contributed by atoms with Crippen LogP contribution in [0.1, 0.15) is 35.0 Å². The number of aromatic nitrogens is 4. The van der Waals surface area contributed by atoms with Crippen molar-refractivity contribution in [1.29, 1.82) is 0 Å². The number of benzene rings is 1. The molecule has 7 nitrogen and oxygen atoms in total. The number of furan rings is 1. The zero-order valence-corrected chi connectivity index (χ0v) is 13.2. The van der Waals surface area contributed by atoms with Crippen LogP contribution in [0, 0.1) is 6.92 Å².